The Bertz CT molecular complexity index is 561. The molecule has 1 saturated heterocycles. The van der Waals surface area contributed by atoms with Crippen molar-refractivity contribution in [2.45, 2.75) is 38.4 Å². The molecule has 0 radical (unpaired) electrons. The number of nitrogens with zero attached hydrogens (tertiary/aromatic N) is 2. The van der Waals surface area contributed by atoms with Gasteiger partial charge < -0.3 is 14.9 Å². The van der Waals surface area contributed by atoms with Crippen LogP contribution < -0.4 is 0 Å². The number of aliphatic hydroxyl groups excluding tert-OH is 1. The number of carboxylic acid groups (broad SMARTS) is 1. The minimum Gasteiger partial charge on any atom is -0.464 e. The van der Waals surface area contributed by atoms with Gasteiger partial charge in [0.1, 0.15) is 5.60 Å². The monoisotopic (exact) mass is 322 g/mol. The van der Waals surface area contributed by atoms with Crippen molar-refractivity contribution >= 4 is 12.2 Å². The molecule has 0 spiro atoms. The van der Waals surface area contributed by atoms with E-state index in [0.29, 0.717) is 13.0 Å². The lowest BCUT2D eigenvalue weighted by molar-refractivity contribution is -0.0444. The average Bonchev–Trinajstić information content (AvgIpc) is 2.97. The zero-order valence-corrected chi connectivity index (χ0v) is 13.3. The molecule has 1 aromatic carbocycles. The van der Waals surface area contributed by atoms with Gasteiger partial charge in [0.25, 0.3) is 0 Å². The van der Waals surface area contributed by atoms with Crippen LogP contribution in [0.3, 0.4) is 0 Å². The topological polar surface area (TPSA) is 90.3 Å². The van der Waals surface area contributed by atoms with Gasteiger partial charge in [-0.3, -0.25) is 0 Å². The van der Waals surface area contributed by atoms with Crippen molar-refractivity contribution < 1.29 is 24.5 Å². The number of rotatable bonds is 4. The Balaban J connectivity index is 1.97. The SMILES string of the molecule is CC(C)(CC(O)c1ccccc1)OC(=O)N1CCCN1C(=O)O. The lowest BCUT2D eigenvalue weighted by Crippen LogP contribution is -2.47. The standard InChI is InChI=1S/C16H22N2O5/c1-16(2,11-13(19)12-7-4-3-5-8-12)23-15(22)18-10-6-9-17(18)14(20)21/h3-5,7-8,13,19H,6,9-11H2,1-2H3,(H,20,21). The largest absolute Gasteiger partial charge is 0.464 e. The molecule has 1 aliphatic rings. The summed E-state index contributed by atoms with van der Waals surface area (Å²) in [5, 5.41) is 21.4. The van der Waals surface area contributed by atoms with Crippen molar-refractivity contribution in [1.29, 1.82) is 0 Å². The first kappa shape index (κ1) is 17.1. The van der Waals surface area contributed by atoms with Crippen LogP contribution in [-0.2, 0) is 4.74 Å². The molecule has 2 amide bonds. The molecule has 1 unspecified atom stereocenters. The summed E-state index contributed by atoms with van der Waals surface area (Å²) >= 11 is 0. The average molecular weight is 322 g/mol. The van der Waals surface area contributed by atoms with Crippen LogP contribution >= 0.6 is 0 Å². The predicted molar refractivity (Wildman–Crippen MR) is 82.6 cm³/mol. The second kappa shape index (κ2) is 6.87. The summed E-state index contributed by atoms with van der Waals surface area (Å²) in [4.78, 5) is 23.3. The second-order valence-corrected chi connectivity index (χ2v) is 6.14. The quantitative estimate of drug-likeness (QED) is 0.889. The van der Waals surface area contributed by atoms with Gasteiger partial charge in [-0.2, -0.15) is 0 Å². The van der Waals surface area contributed by atoms with Gasteiger partial charge in [-0.15, -0.1) is 0 Å². The summed E-state index contributed by atoms with van der Waals surface area (Å²) in [6.07, 6.45) is -1.87. The highest BCUT2D eigenvalue weighted by molar-refractivity contribution is 5.73. The number of hydrogen-bond donors (Lipinski definition) is 2. The number of hydrogen-bond acceptors (Lipinski definition) is 4. The molecule has 1 atom stereocenters. The first-order valence-corrected chi connectivity index (χ1v) is 7.54. The van der Waals surface area contributed by atoms with Gasteiger partial charge >= 0.3 is 12.2 Å². The van der Waals surface area contributed by atoms with E-state index < -0.39 is 23.9 Å². The van der Waals surface area contributed by atoms with Gasteiger partial charge in [-0.05, 0) is 25.8 Å². The van der Waals surface area contributed by atoms with E-state index in [2.05, 4.69) is 0 Å². The number of aliphatic hydroxyl groups is 1. The van der Waals surface area contributed by atoms with E-state index >= 15 is 0 Å². The summed E-state index contributed by atoms with van der Waals surface area (Å²) in [6.45, 7) is 3.97. The maximum Gasteiger partial charge on any atom is 0.429 e. The highest BCUT2D eigenvalue weighted by Gasteiger charge is 2.35. The molecular formula is C16H22N2O5. The van der Waals surface area contributed by atoms with Crippen LogP contribution in [0.1, 0.15) is 38.4 Å². The highest BCUT2D eigenvalue weighted by atomic mass is 16.6. The van der Waals surface area contributed by atoms with E-state index in [1.165, 1.54) is 0 Å². The van der Waals surface area contributed by atoms with E-state index in [1.54, 1.807) is 26.0 Å². The normalized spacial score (nSPS) is 16.3. The maximum absolute atomic E-state index is 12.2. The Morgan fingerprint density at radius 2 is 1.83 bits per heavy atom. The number of amides is 2. The molecule has 2 N–H and O–H groups in total. The molecule has 0 saturated carbocycles. The Kier molecular flexibility index (Phi) is 5.10. The Hall–Kier alpha value is -2.28. The Morgan fingerprint density at radius 3 is 2.43 bits per heavy atom. The van der Waals surface area contributed by atoms with Gasteiger partial charge in [0.2, 0.25) is 0 Å². The van der Waals surface area contributed by atoms with Crippen molar-refractivity contribution in [3.63, 3.8) is 0 Å². The molecule has 0 bridgehead atoms. The zero-order valence-electron chi connectivity index (χ0n) is 13.3. The lowest BCUT2D eigenvalue weighted by Gasteiger charge is -2.32. The number of benzene rings is 1. The molecule has 2 rings (SSSR count). The highest BCUT2D eigenvalue weighted by Crippen LogP contribution is 2.27. The maximum atomic E-state index is 12.2. The minimum absolute atomic E-state index is 0.212. The van der Waals surface area contributed by atoms with E-state index in [1.807, 2.05) is 18.2 Å². The van der Waals surface area contributed by atoms with Gasteiger partial charge in [0.05, 0.1) is 6.10 Å². The van der Waals surface area contributed by atoms with E-state index in [4.69, 9.17) is 9.84 Å². The van der Waals surface area contributed by atoms with Crippen LogP contribution in [0.15, 0.2) is 30.3 Å². The van der Waals surface area contributed by atoms with Crippen molar-refractivity contribution in [1.82, 2.24) is 10.0 Å². The lowest BCUT2D eigenvalue weighted by atomic mass is 9.96. The fraction of sp³-hybridized carbons (Fsp3) is 0.500. The van der Waals surface area contributed by atoms with Crippen LogP contribution in [0.4, 0.5) is 9.59 Å². The van der Waals surface area contributed by atoms with Crippen molar-refractivity contribution in [3.05, 3.63) is 35.9 Å². The van der Waals surface area contributed by atoms with Crippen LogP contribution in [0.25, 0.3) is 0 Å². The third-order valence-corrected chi connectivity index (χ3v) is 3.70. The summed E-state index contributed by atoms with van der Waals surface area (Å²) in [7, 11) is 0. The van der Waals surface area contributed by atoms with Gasteiger partial charge in [0.15, 0.2) is 0 Å². The molecule has 1 fully saturated rings. The molecule has 23 heavy (non-hydrogen) atoms. The molecule has 0 aliphatic carbocycles. The molecular weight excluding hydrogens is 300 g/mol. The first-order valence-electron chi connectivity index (χ1n) is 7.54. The minimum atomic E-state index is -1.18. The van der Waals surface area contributed by atoms with Gasteiger partial charge in [-0.1, -0.05) is 30.3 Å². The molecule has 126 valence electrons. The third kappa shape index (κ3) is 4.35. The summed E-state index contributed by atoms with van der Waals surface area (Å²) in [5.74, 6) is 0. The summed E-state index contributed by atoms with van der Waals surface area (Å²) < 4.78 is 5.42. The molecule has 7 heteroatoms. The Labute approximate surface area is 135 Å². The smallest absolute Gasteiger partial charge is 0.429 e. The fourth-order valence-corrected chi connectivity index (χ4v) is 2.59. The second-order valence-electron chi connectivity index (χ2n) is 6.14. The molecule has 0 aromatic heterocycles. The summed E-state index contributed by atoms with van der Waals surface area (Å²) in [6, 6.07) is 9.11. The molecule has 1 heterocycles. The van der Waals surface area contributed by atoms with Crippen LogP contribution in [0.5, 0.6) is 0 Å². The van der Waals surface area contributed by atoms with Crippen molar-refractivity contribution in [3.8, 4) is 0 Å². The zero-order chi connectivity index (χ0) is 17.0. The van der Waals surface area contributed by atoms with Crippen LogP contribution in [0.2, 0.25) is 0 Å². The first-order chi connectivity index (χ1) is 10.8. The van der Waals surface area contributed by atoms with Crippen molar-refractivity contribution in [2.75, 3.05) is 13.1 Å². The van der Waals surface area contributed by atoms with Gasteiger partial charge in [-0.25, -0.2) is 19.6 Å². The number of carbonyl (C=O) groups is 2. The third-order valence-electron chi connectivity index (χ3n) is 3.70. The van der Waals surface area contributed by atoms with E-state index in [-0.39, 0.29) is 13.0 Å². The predicted octanol–water partition coefficient (Wildman–Crippen LogP) is 2.63. The number of carbonyl (C=O) groups excluding carboxylic acids is 1. The van der Waals surface area contributed by atoms with E-state index in [9.17, 15) is 14.7 Å². The van der Waals surface area contributed by atoms with E-state index in [0.717, 1.165) is 15.6 Å². The number of ether oxygens (including phenoxy) is 1. The molecule has 1 aromatic rings. The molecule has 7 nitrogen and oxygen atoms in total. The summed E-state index contributed by atoms with van der Waals surface area (Å²) in [5.41, 5.74) is -0.191. The van der Waals surface area contributed by atoms with Crippen LogP contribution in [0, 0.1) is 0 Å². The van der Waals surface area contributed by atoms with Crippen molar-refractivity contribution in [2.24, 2.45) is 0 Å². The van der Waals surface area contributed by atoms with Gasteiger partial charge in [0, 0.05) is 19.5 Å². The fourth-order valence-electron chi connectivity index (χ4n) is 2.59. The van der Waals surface area contributed by atoms with Crippen LogP contribution in [-0.4, -0.2) is 51.1 Å². The number of hydrazine groups is 1. The molecule has 1 aliphatic heterocycles. The Morgan fingerprint density at radius 1 is 1.22 bits per heavy atom.